The number of aromatic nitrogens is 1. The molecule has 0 aliphatic rings. The quantitative estimate of drug-likeness (QED) is 0.605. The summed E-state index contributed by atoms with van der Waals surface area (Å²) >= 11 is 0. The number of oxazole rings is 1. The van der Waals surface area contributed by atoms with Crippen molar-refractivity contribution in [3.8, 4) is 12.3 Å². The average Bonchev–Trinajstić information content (AvgIpc) is 2.87. The molecule has 21 heavy (non-hydrogen) atoms. The number of rotatable bonds is 7. The summed E-state index contributed by atoms with van der Waals surface area (Å²) in [4.78, 5) is 4.49. The van der Waals surface area contributed by atoms with Crippen molar-refractivity contribution in [3.63, 3.8) is 0 Å². The fourth-order valence-electron chi connectivity index (χ4n) is 2.13. The number of hydrogen-bond donors (Lipinski definition) is 2. The lowest BCUT2D eigenvalue weighted by atomic mass is 9.95. The number of terminal acetylenes is 1. The van der Waals surface area contributed by atoms with E-state index in [2.05, 4.69) is 10.9 Å². The van der Waals surface area contributed by atoms with Crippen LogP contribution in [0.25, 0.3) is 11.1 Å². The molecule has 0 saturated carbocycles. The first-order valence-corrected chi connectivity index (χ1v) is 7.25. The van der Waals surface area contributed by atoms with E-state index in [1.807, 2.05) is 25.1 Å². The molecule has 112 valence electrons. The van der Waals surface area contributed by atoms with E-state index in [9.17, 15) is 5.11 Å². The van der Waals surface area contributed by atoms with Crippen LogP contribution in [0.5, 0.6) is 0 Å². The first kappa shape index (κ1) is 15.6. The zero-order valence-electron chi connectivity index (χ0n) is 12.4. The van der Waals surface area contributed by atoms with Gasteiger partial charge in [-0.1, -0.05) is 6.07 Å². The number of aryl methyl sites for hydroxylation is 2. The summed E-state index contributed by atoms with van der Waals surface area (Å²) in [5, 5.41) is 9.18. The molecule has 4 nitrogen and oxygen atoms in total. The van der Waals surface area contributed by atoms with E-state index in [4.69, 9.17) is 16.6 Å². The molecule has 1 aromatic heterocycles. The Morgan fingerprint density at radius 1 is 1.43 bits per heavy atom. The fourth-order valence-corrected chi connectivity index (χ4v) is 2.13. The smallest absolute Gasteiger partial charge is 0.195 e. The van der Waals surface area contributed by atoms with Crippen molar-refractivity contribution in [1.29, 1.82) is 0 Å². The second-order valence-electron chi connectivity index (χ2n) is 5.78. The van der Waals surface area contributed by atoms with Crippen LogP contribution >= 0.6 is 0 Å². The largest absolute Gasteiger partial charge is 0.441 e. The maximum atomic E-state index is 9.18. The highest BCUT2D eigenvalue weighted by molar-refractivity contribution is 5.73. The van der Waals surface area contributed by atoms with Crippen LogP contribution in [0, 0.1) is 12.3 Å². The van der Waals surface area contributed by atoms with Gasteiger partial charge in [0.1, 0.15) is 5.52 Å². The van der Waals surface area contributed by atoms with Crippen molar-refractivity contribution in [1.82, 2.24) is 4.98 Å². The van der Waals surface area contributed by atoms with Gasteiger partial charge in [0.25, 0.3) is 0 Å². The molecule has 1 heterocycles. The molecule has 1 aromatic carbocycles. The summed E-state index contributed by atoms with van der Waals surface area (Å²) in [5.74, 6) is 3.35. The molecule has 1 atom stereocenters. The number of unbranched alkanes of at least 4 members (excludes halogenated alkanes) is 1. The van der Waals surface area contributed by atoms with Gasteiger partial charge in [-0.05, 0) is 43.9 Å². The number of aliphatic hydroxyl groups excluding tert-OH is 1. The molecule has 0 radical (unpaired) electrons. The minimum Gasteiger partial charge on any atom is -0.441 e. The van der Waals surface area contributed by atoms with Gasteiger partial charge in [0.05, 0.1) is 6.61 Å². The maximum absolute atomic E-state index is 9.18. The Kier molecular flexibility index (Phi) is 5.00. The third kappa shape index (κ3) is 4.32. The van der Waals surface area contributed by atoms with Crippen molar-refractivity contribution >= 4 is 11.1 Å². The maximum Gasteiger partial charge on any atom is 0.195 e. The molecule has 3 N–H and O–H groups in total. The Labute approximate surface area is 125 Å². The minimum absolute atomic E-state index is 0.0153. The van der Waals surface area contributed by atoms with E-state index in [1.54, 1.807) is 0 Å². The average molecular weight is 286 g/mol. The normalized spacial score (nSPS) is 14.0. The van der Waals surface area contributed by atoms with Crippen LogP contribution in [0.1, 0.15) is 37.6 Å². The number of hydrogen-bond acceptors (Lipinski definition) is 4. The number of aliphatic hydroxyl groups is 1. The summed E-state index contributed by atoms with van der Waals surface area (Å²) in [6.07, 6.45) is 9.16. The zero-order chi connectivity index (χ0) is 15.3. The van der Waals surface area contributed by atoms with Gasteiger partial charge >= 0.3 is 0 Å². The topological polar surface area (TPSA) is 72.3 Å². The first-order chi connectivity index (χ1) is 10.0. The van der Waals surface area contributed by atoms with E-state index in [0.29, 0.717) is 0 Å². The van der Waals surface area contributed by atoms with Gasteiger partial charge in [-0.3, -0.25) is 0 Å². The predicted octanol–water partition coefficient (Wildman–Crippen LogP) is 2.43. The van der Waals surface area contributed by atoms with Gasteiger partial charge < -0.3 is 15.3 Å². The molecule has 2 aromatic rings. The van der Waals surface area contributed by atoms with Gasteiger partial charge in [0.15, 0.2) is 11.5 Å². The summed E-state index contributed by atoms with van der Waals surface area (Å²) in [6, 6.07) is 5.98. The summed E-state index contributed by atoms with van der Waals surface area (Å²) < 4.78 is 5.69. The number of nitrogens with zero attached hydrogens (tertiary/aromatic N) is 1. The third-order valence-electron chi connectivity index (χ3n) is 3.55. The molecule has 0 aliphatic heterocycles. The highest BCUT2D eigenvalue weighted by Gasteiger charge is 2.16. The molecule has 0 unspecified atom stereocenters. The highest BCUT2D eigenvalue weighted by Crippen LogP contribution is 2.20. The molecule has 4 heteroatoms. The lowest BCUT2D eigenvalue weighted by molar-refractivity contribution is 0.200. The van der Waals surface area contributed by atoms with Crippen molar-refractivity contribution < 1.29 is 9.52 Å². The lowest BCUT2D eigenvalue weighted by Crippen LogP contribution is -2.40. The van der Waals surface area contributed by atoms with Crippen LogP contribution in [0.2, 0.25) is 0 Å². The Balaban J connectivity index is 2.05. The molecular formula is C17H22N2O2. The molecule has 0 bridgehead atoms. The zero-order valence-corrected chi connectivity index (χ0v) is 12.4. The monoisotopic (exact) mass is 286 g/mol. The van der Waals surface area contributed by atoms with Crippen LogP contribution in [0.3, 0.4) is 0 Å². The van der Waals surface area contributed by atoms with E-state index >= 15 is 0 Å². The van der Waals surface area contributed by atoms with Gasteiger partial charge in [-0.2, -0.15) is 0 Å². The van der Waals surface area contributed by atoms with Crippen LogP contribution in [-0.4, -0.2) is 22.2 Å². The minimum atomic E-state index is -0.542. The van der Waals surface area contributed by atoms with Crippen molar-refractivity contribution in [2.45, 2.75) is 44.6 Å². The Morgan fingerprint density at radius 3 is 2.95 bits per heavy atom. The fraction of sp³-hybridized carbons (Fsp3) is 0.471. The van der Waals surface area contributed by atoms with Crippen molar-refractivity contribution in [2.24, 2.45) is 5.73 Å². The molecule has 0 fully saturated rings. The van der Waals surface area contributed by atoms with Crippen molar-refractivity contribution in [3.05, 3.63) is 29.7 Å². The highest BCUT2D eigenvalue weighted by atomic mass is 16.3. The standard InChI is InChI=1S/C17H22N2O2/c1-3-4-5-6-16-19-14-11-13(7-8-15(14)21-16)9-10-17(2,18)12-20/h1,7-8,11,20H,4-6,9-10,12,18H2,2H3/t17-/m1/s1. The molecule has 2 rings (SSSR count). The van der Waals surface area contributed by atoms with E-state index in [-0.39, 0.29) is 6.61 Å². The molecule has 0 aliphatic carbocycles. The summed E-state index contributed by atoms with van der Waals surface area (Å²) in [5.41, 5.74) is 8.22. The summed E-state index contributed by atoms with van der Waals surface area (Å²) in [6.45, 7) is 1.84. The van der Waals surface area contributed by atoms with Crippen LogP contribution in [0.15, 0.2) is 22.6 Å². The van der Waals surface area contributed by atoms with Gasteiger partial charge in [0.2, 0.25) is 0 Å². The second kappa shape index (κ2) is 6.75. The van der Waals surface area contributed by atoms with E-state index in [1.165, 1.54) is 0 Å². The first-order valence-electron chi connectivity index (χ1n) is 7.25. The van der Waals surface area contributed by atoms with Crippen molar-refractivity contribution in [2.75, 3.05) is 6.61 Å². The predicted molar refractivity (Wildman–Crippen MR) is 83.8 cm³/mol. The number of nitrogens with two attached hydrogens (primary N) is 1. The molecule has 0 spiro atoms. The van der Waals surface area contributed by atoms with Gasteiger partial charge in [0, 0.05) is 18.4 Å². The van der Waals surface area contributed by atoms with Crippen LogP contribution < -0.4 is 5.73 Å². The molecule has 0 amide bonds. The van der Waals surface area contributed by atoms with Gasteiger partial charge in [-0.25, -0.2) is 4.98 Å². The second-order valence-corrected chi connectivity index (χ2v) is 5.78. The van der Waals surface area contributed by atoms with E-state index in [0.717, 1.165) is 54.7 Å². The number of benzene rings is 1. The summed E-state index contributed by atoms with van der Waals surface area (Å²) in [7, 11) is 0. The van der Waals surface area contributed by atoms with Crippen LogP contribution in [0.4, 0.5) is 0 Å². The molecular weight excluding hydrogens is 264 g/mol. The Bertz CT molecular complexity index is 638. The third-order valence-corrected chi connectivity index (χ3v) is 3.55. The Morgan fingerprint density at radius 2 is 2.24 bits per heavy atom. The Hall–Kier alpha value is -1.83. The lowest BCUT2D eigenvalue weighted by Gasteiger charge is -2.21. The van der Waals surface area contributed by atoms with Gasteiger partial charge in [-0.15, -0.1) is 12.3 Å². The number of fused-ring (bicyclic) bond motifs is 1. The SMILES string of the molecule is C#CCCCc1nc2cc(CC[C@@](C)(N)CO)ccc2o1. The van der Waals surface area contributed by atoms with Crippen LogP contribution in [-0.2, 0) is 12.8 Å². The van der Waals surface area contributed by atoms with E-state index < -0.39 is 5.54 Å². The molecule has 0 saturated heterocycles.